The molecule has 0 aliphatic carbocycles. The Morgan fingerprint density at radius 1 is 1.12 bits per heavy atom. The minimum Gasteiger partial charge on any atom is -0.483 e. The number of para-hydroxylation sites is 1. The molecule has 1 amide bonds. The first kappa shape index (κ1) is 18.7. The molecule has 5 nitrogen and oxygen atoms in total. The lowest BCUT2D eigenvalue weighted by Crippen LogP contribution is -2.31. The first-order valence-corrected chi connectivity index (χ1v) is 8.35. The van der Waals surface area contributed by atoms with Gasteiger partial charge in [-0.15, -0.1) is 0 Å². The number of ether oxygens (including phenoxy) is 1. The van der Waals surface area contributed by atoms with Crippen molar-refractivity contribution in [1.82, 2.24) is 10.2 Å². The zero-order chi connectivity index (χ0) is 17.9. The summed E-state index contributed by atoms with van der Waals surface area (Å²) < 4.78 is 5.39. The van der Waals surface area contributed by atoms with Crippen molar-refractivity contribution in [2.24, 2.45) is 0 Å². The van der Waals surface area contributed by atoms with Gasteiger partial charge in [-0.2, -0.15) is 0 Å². The van der Waals surface area contributed by atoms with E-state index < -0.39 is 0 Å². The molecule has 0 spiro atoms. The van der Waals surface area contributed by atoms with Crippen LogP contribution in [-0.4, -0.2) is 43.8 Å². The number of nitrogens with one attached hydrogen (secondary N) is 1. The van der Waals surface area contributed by atoms with E-state index in [9.17, 15) is 9.59 Å². The molecular weight excluding hydrogens is 316 g/mol. The van der Waals surface area contributed by atoms with Gasteiger partial charge in [0.2, 0.25) is 0 Å². The van der Waals surface area contributed by atoms with Gasteiger partial charge in [-0.25, -0.2) is 0 Å². The molecule has 0 aliphatic heterocycles. The zero-order valence-corrected chi connectivity index (χ0v) is 14.5. The Hall–Kier alpha value is -2.66. The monoisotopic (exact) mass is 340 g/mol. The van der Waals surface area contributed by atoms with E-state index in [0.29, 0.717) is 17.9 Å². The summed E-state index contributed by atoms with van der Waals surface area (Å²) >= 11 is 0. The number of aldehydes is 1. The summed E-state index contributed by atoms with van der Waals surface area (Å²) in [5.74, 6) is 0.238. The van der Waals surface area contributed by atoms with Crippen molar-refractivity contribution in [2.75, 3.05) is 26.7 Å². The molecule has 0 fully saturated rings. The average Bonchev–Trinajstić information content (AvgIpc) is 2.64. The minimum absolute atomic E-state index is 0.0926. The van der Waals surface area contributed by atoms with Crippen LogP contribution in [-0.2, 0) is 11.3 Å². The van der Waals surface area contributed by atoms with Crippen molar-refractivity contribution in [3.8, 4) is 5.75 Å². The summed E-state index contributed by atoms with van der Waals surface area (Å²) in [7, 11) is 2.06. The van der Waals surface area contributed by atoms with Gasteiger partial charge in [0.05, 0.1) is 5.56 Å². The van der Waals surface area contributed by atoms with Crippen LogP contribution >= 0.6 is 0 Å². The standard InChI is InChI=1S/C20H24N2O3/c1-22(14-17-8-3-2-4-9-17)13-7-12-21-20(24)16-25-19-11-6-5-10-18(19)15-23/h2-6,8-11,15H,7,12-14,16H2,1H3,(H,21,24). The minimum atomic E-state index is -0.189. The van der Waals surface area contributed by atoms with Gasteiger partial charge >= 0.3 is 0 Å². The Balaban J connectivity index is 1.61. The zero-order valence-electron chi connectivity index (χ0n) is 14.5. The van der Waals surface area contributed by atoms with Crippen LogP contribution in [0.25, 0.3) is 0 Å². The van der Waals surface area contributed by atoms with Gasteiger partial charge < -0.3 is 15.0 Å². The summed E-state index contributed by atoms with van der Waals surface area (Å²) in [6, 6.07) is 17.1. The Morgan fingerprint density at radius 3 is 2.60 bits per heavy atom. The van der Waals surface area contributed by atoms with Crippen molar-refractivity contribution in [3.63, 3.8) is 0 Å². The second-order valence-electron chi connectivity index (χ2n) is 5.87. The summed E-state index contributed by atoms with van der Waals surface area (Å²) in [4.78, 5) is 24.9. The molecule has 5 heteroatoms. The van der Waals surface area contributed by atoms with Crippen molar-refractivity contribution in [3.05, 3.63) is 65.7 Å². The predicted molar refractivity (Wildman–Crippen MR) is 97.7 cm³/mol. The Labute approximate surface area is 148 Å². The van der Waals surface area contributed by atoms with Crippen LogP contribution in [0.1, 0.15) is 22.3 Å². The van der Waals surface area contributed by atoms with Crippen LogP contribution in [0.3, 0.4) is 0 Å². The molecule has 132 valence electrons. The van der Waals surface area contributed by atoms with Crippen LogP contribution in [0.15, 0.2) is 54.6 Å². The molecule has 2 aromatic carbocycles. The van der Waals surface area contributed by atoms with Gasteiger partial charge in [0, 0.05) is 13.1 Å². The van der Waals surface area contributed by atoms with E-state index in [1.165, 1.54) is 5.56 Å². The molecule has 0 unspecified atom stereocenters. The van der Waals surface area contributed by atoms with E-state index in [2.05, 4.69) is 29.4 Å². The Bertz CT molecular complexity index is 674. The fourth-order valence-electron chi connectivity index (χ4n) is 2.45. The largest absolute Gasteiger partial charge is 0.483 e. The van der Waals surface area contributed by atoms with E-state index in [1.54, 1.807) is 24.3 Å². The van der Waals surface area contributed by atoms with Gasteiger partial charge in [-0.3, -0.25) is 9.59 Å². The molecular formula is C20H24N2O3. The van der Waals surface area contributed by atoms with Crippen LogP contribution in [0.4, 0.5) is 0 Å². The second-order valence-corrected chi connectivity index (χ2v) is 5.87. The summed E-state index contributed by atoms with van der Waals surface area (Å²) in [6.45, 7) is 2.28. The van der Waals surface area contributed by atoms with Crippen LogP contribution in [0.5, 0.6) is 5.75 Å². The lowest BCUT2D eigenvalue weighted by molar-refractivity contribution is -0.123. The van der Waals surface area contributed by atoms with Gasteiger partial charge in [-0.1, -0.05) is 42.5 Å². The fourth-order valence-corrected chi connectivity index (χ4v) is 2.45. The third kappa shape index (κ3) is 6.77. The van der Waals surface area contributed by atoms with Crippen molar-refractivity contribution >= 4 is 12.2 Å². The van der Waals surface area contributed by atoms with Gasteiger partial charge in [0.15, 0.2) is 12.9 Å². The molecule has 2 rings (SSSR count). The maximum atomic E-state index is 11.8. The lowest BCUT2D eigenvalue weighted by Gasteiger charge is -2.16. The van der Waals surface area contributed by atoms with Gasteiger partial charge in [-0.05, 0) is 37.7 Å². The molecule has 0 aliphatic rings. The SMILES string of the molecule is CN(CCCNC(=O)COc1ccccc1C=O)Cc1ccccc1. The maximum absolute atomic E-state index is 11.8. The van der Waals surface area contributed by atoms with E-state index >= 15 is 0 Å². The Morgan fingerprint density at radius 2 is 1.84 bits per heavy atom. The number of benzene rings is 2. The smallest absolute Gasteiger partial charge is 0.257 e. The molecule has 0 atom stereocenters. The lowest BCUT2D eigenvalue weighted by atomic mass is 10.2. The molecule has 0 saturated carbocycles. The number of nitrogens with zero attached hydrogens (tertiary/aromatic N) is 1. The number of rotatable bonds is 10. The average molecular weight is 340 g/mol. The number of hydrogen-bond donors (Lipinski definition) is 1. The van der Waals surface area contributed by atoms with Crippen LogP contribution in [0, 0.1) is 0 Å². The first-order valence-electron chi connectivity index (χ1n) is 8.35. The van der Waals surface area contributed by atoms with Crippen LogP contribution < -0.4 is 10.1 Å². The highest BCUT2D eigenvalue weighted by Crippen LogP contribution is 2.15. The quantitative estimate of drug-likeness (QED) is 0.533. The highest BCUT2D eigenvalue weighted by atomic mass is 16.5. The van der Waals surface area contributed by atoms with Crippen molar-refractivity contribution < 1.29 is 14.3 Å². The summed E-state index contributed by atoms with van der Waals surface area (Å²) in [6.07, 6.45) is 1.58. The molecule has 0 saturated heterocycles. The summed E-state index contributed by atoms with van der Waals surface area (Å²) in [5, 5.41) is 2.83. The molecule has 0 heterocycles. The highest BCUT2D eigenvalue weighted by Gasteiger charge is 2.06. The third-order valence-electron chi connectivity index (χ3n) is 3.74. The molecule has 0 aromatic heterocycles. The van der Waals surface area contributed by atoms with Crippen molar-refractivity contribution in [2.45, 2.75) is 13.0 Å². The van der Waals surface area contributed by atoms with E-state index in [0.717, 1.165) is 25.8 Å². The van der Waals surface area contributed by atoms with Crippen LogP contribution in [0.2, 0.25) is 0 Å². The van der Waals surface area contributed by atoms with Gasteiger partial charge in [0.25, 0.3) is 5.91 Å². The number of amides is 1. The fraction of sp³-hybridized carbons (Fsp3) is 0.300. The molecule has 25 heavy (non-hydrogen) atoms. The molecule has 0 radical (unpaired) electrons. The molecule has 2 aromatic rings. The second kappa shape index (κ2) is 10.3. The normalized spacial score (nSPS) is 10.5. The molecule has 0 bridgehead atoms. The number of carbonyl (C=O) groups is 2. The third-order valence-corrected chi connectivity index (χ3v) is 3.74. The van der Waals surface area contributed by atoms with Crippen molar-refractivity contribution in [1.29, 1.82) is 0 Å². The first-order chi connectivity index (χ1) is 12.2. The molecule has 1 N–H and O–H groups in total. The van der Waals surface area contributed by atoms with E-state index in [-0.39, 0.29) is 12.5 Å². The Kier molecular flexibility index (Phi) is 7.66. The van der Waals surface area contributed by atoms with E-state index in [1.807, 2.05) is 18.2 Å². The summed E-state index contributed by atoms with van der Waals surface area (Å²) in [5.41, 5.74) is 1.72. The topological polar surface area (TPSA) is 58.6 Å². The van der Waals surface area contributed by atoms with E-state index in [4.69, 9.17) is 4.74 Å². The highest BCUT2D eigenvalue weighted by molar-refractivity contribution is 5.80. The number of hydrogen-bond acceptors (Lipinski definition) is 4. The number of carbonyl (C=O) groups excluding carboxylic acids is 2. The van der Waals surface area contributed by atoms with Gasteiger partial charge in [0.1, 0.15) is 5.75 Å². The predicted octanol–water partition coefficient (Wildman–Crippen LogP) is 2.52. The maximum Gasteiger partial charge on any atom is 0.257 e.